The Morgan fingerprint density at radius 2 is 1.62 bits per heavy atom. The van der Waals surface area contributed by atoms with Crippen molar-refractivity contribution in [3.63, 3.8) is 0 Å². The van der Waals surface area contributed by atoms with Gasteiger partial charge in [0.25, 0.3) is 0 Å². The second kappa shape index (κ2) is 8.65. The summed E-state index contributed by atoms with van der Waals surface area (Å²) in [6.07, 6.45) is 6.08. The van der Waals surface area contributed by atoms with Crippen LogP contribution in [-0.2, 0) is 6.54 Å². The summed E-state index contributed by atoms with van der Waals surface area (Å²) in [5.41, 5.74) is 2.41. The fourth-order valence-electron chi connectivity index (χ4n) is 3.74. The van der Waals surface area contributed by atoms with Gasteiger partial charge >= 0.3 is 0 Å². The zero-order valence-corrected chi connectivity index (χ0v) is 16.1. The van der Waals surface area contributed by atoms with E-state index in [4.69, 9.17) is 17.6 Å². The molecule has 1 aromatic heterocycles. The van der Waals surface area contributed by atoms with Crippen LogP contribution in [0.4, 0.5) is 0 Å². The quantitative estimate of drug-likeness (QED) is 0.826. The number of nitrogens with zero attached hydrogens (tertiary/aromatic N) is 4. The van der Waals surface area contributed by atoms with Crippen molar-refractivity contribution in [1.82, 2.24) is 19.7 Å². The zero-order chi connectivity index (χ0) is 16.9. The first kappa shape index (κ1) is 18.2. The number of pyridine rings is 1. The molecule has 0 bridgehead atoms. The molecule has 24 heavy (non-hydrogen) atoms. The molecule has 0 N–H and O–H groups in total. The molecule has 1 unspecified atom stereocenters. The second-order valence-corrected chi connectivity index (χ2v) is 7.95. The van der Waals surface area contributed by atoms with Crippen LogP contribution in [0.1, 0.15) is 49.7 Å². The Labute approximate surface area is 152 Å². The van der Waals surface area contributed by atoms with Crippen molar-refractivity contribution in [3.8, 4) is 0 Å². The summed E-state index contributed by atoms with van der Waals surface area (Å²) in [7, 11) is 0. The molecular formula is C19H32N4S. The highest BCUT2D eigenvalue weighted by Crippen LogP contribution is 2.26. The maximum absolute atomic E-state index is 4.87. The van der Waals surface area contributed by atoms with Gasteiger partial charge in [-0.2, -0.15) is 12.6 Å². The van der Waals surface area contributed by atoms with E-state index in [9.17, 15) is 0 Å². The molecule has 0 aliphatic carbocycles. The van der Waals surface area contributed by atoms with Crippen molar-refractivity contribution in [2.45, 2.75) is 51.1 Å². The summed E-state index contributed by atoms with van der Waals surface area (Å²) >= 11 is 4.87. The minimum absolute atomic E-state index is 0.163. The smallest absolute Gasteiger partial charge is 0.0800 e. The number of hydrogen-bond acceptors (Lipinski definition) is 5. The molecule has 2 aliphatic heterocycles. The number of hydrogen-bond donors (Lipinski definition) is 1. The first-order valence-corrected chi connectivity index (χ1v) is 9.98. The third-order valence-corrected chi connectivity index (χ3v) is 6.03. The molecule has 2 saturated heterocycles. The van der Waals surface area contributed by atoms with Gasteiger partial charge in [0.05, 0.1) is 11.1 Å². The topological polar surface area (TPSA) is 22.6 Å². The number of rotatable bonds is 5. The third-order valence-electron chi connectivity index (χ3n) is 5.41. The van der Waals surface area contributed by atoms with Crippen LogP contribution < -0.4 is 0 Å². The lowest BCUT2D eigenvalue weighted by atomic mass is 10.1. The summed E-state index contributed by atoms with van der Waals surface area (Å²) in [5.74, 6) is 0. The van der Waals surface area contributed by atoms with Gasteiger partial charge in [-0.15, -0.1) is 0 Å². The molecule has 3 heterocycles. The predicted octanol–water partition coefficient (Wildman–Crippen LogP) is 3.02. The summed E-state index contributed by atoms with van der Waals surface area (Å²) < 4.78 is 0. The molecule has 1 atom stereocenters. The monoisotopic (exact) mass is 348 g/mol. The molecule has 4 nitrogen and oxygen atoms in total. The highest BCUT2D eigenvalue weighted by atomic mass is 32.1. The van der Waals surface area contributed by atoms with Crippen LogP contribution in [0.2, 0.25) is 0 Å². The lowest BCUT2D eigenvalue weighted by molar-refractivity contribution is 0.102. The zero-order valence-electron chi connectivity index (χ0n) is 15.2. The standard InChI is InChI=1S/C19H32N4S/c1-16(2)22-10-12-23(13-11-22)19(24)17-6-7-18(20-14-17)15-21-8-4-3-5-9-21/h6-7,14,16,19,24H,3-5,8-13,15H2,1-2H3. The van der Waals surface area contributed by atoms with Gasteiger partial charge in [-0.25, -0.2) is 0 Å². The van der Waals surface area contributed by atoms with Crippen molar-refractivity contribution in [2.24, 2.45) is 0 Å². The predicted molar refractivity (Wildman–Crippen MR) is 103 cm³/mol. The highest BCUT2D eigenvalue weighted by Gasteiger charge is 2.24. The second-order valence-electron chi connectivity index (χ2n) is 7.46. The van der Waals surface area contributed by atoms with Gasteiger partial charge in [-0.3, -0.25) is 19.7 Å². The van der Waals surface area contributed by atoms with Crippen LogP contribution in [0, 0.1) is 0 Å². The van der Waals surface area contributed by atoms with E-state index in [-0.39, 0.29) is 5.37 Å². The van der Waals surface area contributed by atoms with Crippen LogP contribution in [0.25, 0.3) is 0 Å². The summed E-state index contributed by atoms with van der Waals surface area (Å²) in [6, 6.07) is 5.05. The van der Waals surface area contributed by atoms with E-state index in [1.807, 2.05) is 6.20 Å². The van der Waals surface area contributed by atoms with Gasteiger partial charge in [0, 0.05) is 45.0 Å². The molecule has 2 aliphatic rings. The van der Waals surface area contributed by atoms with E-state index in [0.29, 0.717) is 6.04 Å². The summed E-state index contributed by atoms with van der Waals surface area (Å²) in [6.45, 7) is 12.4. The Bertz CT molecular complexity index is 491. The van der Waals surface area contributed by atoms with Gasteiger partial charge < -0.3 is 0 Å². The fraction of sp³-hybridized carbons (Fsp3) is 0.737. The van der Waals surface area contributed by atoms with E-state index >= 15 is 0 Å². The lowest BCUT2D eigenvalue weighted by Gasteiger charge is -2.39. The van der Waals surface area contributed by atoms with Crippen LogP contribution in [0.5, 0.6) is 0 Å². The maximum atomic E-state index is 4.87. The van der Waals surface area contributed by atoms with Crippen LogP contribution >= 0.6 is 12.6 Å². The molecule has 134 valence electrons. The SMILES string of the molecule is CC(C)N1CCN(C(S)c2ccc(CN3CCCCC3)nc2)CC1. The molecule has 0 aromatic carbocycles. The highest BCUT2D eigenvalue weighted by molar-refractivity contribution is 7.80. The van der Waals surface area contributed by atoms with Gasteiger partial charge in [0.15, 0.2) is 0 Å². The first-order valence-electron chi connectivity index (χ1n) is 9.47. The van der Waals surface area contributed by atoms with E-state index in [1.165, 1.54) is 43.6 Å². The minimum Gasteiger partial charge on any atom is -0.298 e. The summed E-state index contributed by atoms with van der Waals surface area (Å²) in [4.78, 5) is 12.2. The molecule has 0 spiro atoms. The maximum Gasteiger partial charge on any atom is 0.0800 e. The average Bonchev–Trinajstić information content (AvgIpc) is 2.63. The number of thiol groups is 1. The number of piperidine rings is 1. The Morgan fingerprint density at radius 3 is 2.21 bits per heavy atom. The molecule has 1 aromatic rings. The van der Waals surface area contributed by atoms with Crippen molar-refractivity contribution in [2.75, 3.05) is 39.3 Å². The van der Waals surface area contributed by atoms with Gasteiger partial charge in [0.2, 0.25) is 0 Å². The van der Waals surface area contributed by atoms with Gasteiger partial charge in [-0.05, 0) is 51.4 Å². The van der Waals surface area contributed by atoms with E-state index in [1.54, 1.807) is 0 Å². The van der Waals surface area contributed by atoms with Crippen molar-refractivity contribution in [1.29, 1.82) is 0 Å². The van der Waals surface area contributed by atoms with Crippen LogP contribution in [0.15, 0.2) is 18.3 Å². The molecule has 0 amide bonds. The van der Waals surface area contributed by atoms with Crippen LogP contribution in [0.3, 0.4) is 0 Å². The third kappa shape index (κ3) is 4.72. The molecule has 0 saturated carbocycles. The first-order chi connectivity index (χ1) is 11.6. The van der Waals surface area contributed by atoms with Crippen molar-refractivity contribution >= 4 is 12.6 Å². The normalized spacial score (nSPS) is 22.8. The molecule has 3 rings (SSSR count). The van der Waals surface area contributed by atoms with Gasteiger partial charge in [0.1, 0.15) is 0 Å². The van der Waals surface area contributed by atoms with Crippen molar-refractivity contribution < 1.29 is 0 Å². The fourth-order valence-corrected chi connectivity index (χ4v) is 4.12. The van der Waals surface area contributed by atoms with E-state index in [0.717, 1.165) is 32.7 Å². The largest absolute Gasteiger partial charge is 0.298 e. The Hall–Kier alpha value is -0.620. The van der Waals surface area contributed by atoms with Crippen molar-refractivity contribution in [3.05, 3.63) is 29.6 Å². The van der Waals surface area contributed by atoms with E-state index < -0.39 is 0 Å². The van der Waals surface area contributed by atoms with E-state index in [2.05, 4.69) is 40.7 Å². The molecular weight excluding hydrogens is 316 g/mol. The number of aromatic nitrogens is 1. The van der Waals surface area contributed by atoms with Gasteiger partial charge in [-0.1, -0.05) is 12.5 Å². The lowest BCUT2D eigenvalue weighted by Crippen LogP contribution is -2.49. The molecule has 5 heteroatoms. The summed E-state index contributed by atoms with van der Waals surface area (Å²) in [5, 5.41) is 0.163. The number of piperazine rings is 1. The number of likely N-dealkylation sites (tertiary alicyclic amines) is 1. The minimum atomic E-state index is 0.163. The Morgan fingerprint density at radius 1 is 0.958 bits per heavy atom. The van der Waals surface area contributed by atoms with Crippen LogP contribution in [-0.4, -0.2) is 65.0 Å². The average molecular weight is 349 g/mol. The molecule has 0 radical (unpaired) electrons. The molecule has 2 fully saturated rings. The Balaban J connectivity index is 1.53. The Kier molecular flexibility index (Phi) is 6.56.